The zero-order chi connectivity index (χ0) is 22.7. The monoisotopic (exact) mass is 454 g/mol. The molecule has 2 aliphatic carbocycles. The van der Waals surface area contributed by atoms with Gasteiger partial charge in [0.25, 0.3) is 0 Å². The van der Waals surface area contributed by atoms with Crippen molar-refractivity contribution < 1.29 is 11.6 Å². The van der Waals surface area contributed by atoms with Crippen molar-refractivity contribution in [3.63, 3.8) is 0 Å². The summed E-state index contributed by atoms with van der Waals surface area (Å²) in [5.74, 6) is 3.56. The predicted octanol–water partition coefficient (Wildman–Crippen LogP) is 6.12. The van der Waals surface area contributed by atoms with Gasteiger partial charge >= 0.3 is 0 Å². The van der Waals surface area contributed by atoms with E-state index in [0.29, 0.717) is 11.3 Å². The second-order valence-electron chi connectivity index (χ2n) is 8.42. The Morgan fingerprint density at radius 2 is 1.77 bits per heavy atom. The maximum absolute atomic E-state index is 4.25. The van der Waals surface area contributed by atoms with Crippen LogP contribution in [0.5, 0.6) is 0 Å². The molecule has 2 fully saturated rings. The number of rotatable bonds is 3. The summed E-state index contributed by atoms with van der Waals surface area (Å²) in [5.41, 5.74) is 4.45. The average molecular weight is 455 g/mol. The van der Waals surface area contributed by atoms with E-state index in [2.05, 4.69) is 65.8 Å². The first-order valence-electron chi connectivity index (χ1n) is 11.6. The summed E-state index contributed by atoms with van der Waals surface area (Å²) < 4.78 is 4.25. The number of ether oxygens (including phenoxy) is 1. The number of benzene rings is 1. The predicted molar refractivity (Wildman–Crippen MR) is 143 cm³/mol. The fraction of sp³-hybridized carbons (Fsp3) is 0.692. The van der Waals surface area contributed by atoms with Gasteiger partial charge in [-0.15, -0.1) is 11.8 Å². The molecule has 1 aromatic rings. The highest BCUT2D eigenvalue weighted by atomic mass is 32.2. The normalized spacial score (nSPS) is 27.6. The van der Waals surface area contributed by atoms with Crippen molar-refractivity contribution in [2.75, 3.05) is 33.6 Å². The minimum absolute atomic E-state index is 0. The standard InChI is InChI=1S/C20H27NS.C2H7N.C2H6O.C2H6.H2O.H2/c1-4-9-22-13(3)20-19-15-7-6-14(11-15)18(19)16-10-12(2)5-8-17(16)21-20;2*1-3-2;1-2;;/h4-5,8-10,13-15,18-21H,6-7,11H2,1-3H3;3H,1-2H3;1-2H3;1-2H3;1H2;1H/b9-4-;;;;;. The Morgan fingerprint density at radius 1 is 1.19 bits per heavy atom. The molecule has 0 saturated heterocycles. The maximum atomic E-state index is 4.25. The van der Waals surface area contributed by atoms with Crippen LogP contribution in [-0.4, -0.2) is 45.1 Å². The second-order valence-corrected chi connectivity index (χ2v) is 9.70. The molecule has 6 atom stereocenters. The van der Waals surface area contributed by atoms with Crippen molar-refractivity contribution in [1.82, 2.24) is 5.32 Å². The molecule has 1 heterocycles. The van der Waals surface area contributed by atoms with Crippen molar-refractivity contribution in [2.24, 2.45) is 17.8 Å². The molecule has 1 aliphatic heterocycles. The Hall–Kier alpha value is -1.01. The first kappa shape index (κ1) is 30.0. The number of nitrogens with one attached hydrogen (secondary N) is 2. The van der Waals surface area contributed by atoms with E-state index in [0.717, 1.165) is 23.7 Å². The molecule has 0 amide bonds. The van der Waals surface area contributed by atoms with E-state index in [1.807, 2.05) is 39.7 Å². The molecule has 3 aliphatic rings. The van der Waals surface area contributed by atoms with E-state index in [4.69, 9.17) is 0 Å². The zero-order valence-corrected chi connectivity index (χ0v) is 22.1. The average Bonchev–Trinajstić information content (AvgIpc) is 3.37. The van der Waals surface area contributed by atoms with Gasteiger partial charge in [-0.1, -0.05) is 44.5 Å². The van der Waals surface area contributed by atoms with Crippen LogP contribution in [-0.2, 0) is 4.74 Å². The lowest BCUT2D eigenvalue weighted by Crippen LogP contribution is -2.46. The summed E-state index contributed by atoms with van der Waals surface area (Å²) in [6, 6.07) is 7.67. The van der Waals surface area contributed by atoms with E-state index in [9.17, 15) is 0 Å². The van der Waals surface area contributed by atoms with E-state index in [-0.39, 0.29) is 6.90 Å². The number of anilines is 1. The zero-order valence-electron chi connectivity index (χ0n) is 21.3. The van der Waals surface area contributed by atoms with Gasteiger partial charge < -0.3 is 20.8 Å². The van der Waals surface area contributed by atoms with Crippen molar-refractivity contribution in [1.29, 1.82) is 0 Å². The quantitative estimate of drug-likeness (QED) is 0.577. The fourth-order valence-corrected chi connectivity index (χ4v) is 6.22. The van der Waals surface area contributed by atoms with Crippen LogP contribution in [0.1, 0.15) is 65.4 Å². The maximum Gasteiger partial charge on any atom is 0.0417 e. The third kappa shape index (κ3) is 7.52. The largest absolute Gasteiger partial charge is 0.412 e. The van der Waals surface area contributed by atoms with Crippen LogP contribution in [0.15, 0.2) is 29.7 Å². The van der Waals surface area contributed by atoms with E-state index < -0.39 is 0 Å². The van der Waals surface area contributed by atoms with E-state index in [1.165, 1.54) is 30.5 Å². The number of hydrogen-bond acceptors (Lipinski definition) is 4. The lowest BCUT2D eigenvalue weighted by atomic mass is 9.68. The van der Waals surface area contributed by atoms with Crippen LogP contribution in [0.25, 0.3) is 0 Å². The summed E-state index contributed by atoms with van der Waals surface area (Å²) in [6.45, 7) is 10.8. The molecule has 4 N–H and O–H groups in total. The minimum atomic E-state index is 0. The molecule has 182 valence electrons. The van der Waals surface area contributed by atoms with E-state index in [1.54, 1.807) is 19.8 Å². The molecule has 5 heteroatoms. The molecule has 4 rings (SSSR count). The molecule has 0 spiro atoms. The van der Waals surface area contributed by atoms with Crippen LogP contribution in [0.4, 0.5) is 5.69 Å². The SMILES string of the molecule is C/C=C\SC(C)C1Nc2ccc(C)cc2C2C3CCC(C3)C12.CC.CNC.COC.O.[HH]. The molecule has 0 aromatic heterocycles. The van der Waals surface area contributed by atoms with Gasteiger partial charge in [-0.05, 0) is 87.9 Å². The Balaban J connectivity index is 0. The summed E-state index contributed by atoms with van der Waals surface area (Å²) in [5, 5.41) is 9.58. The number of thioether (sulfide) groups is 1. The van der Waals surface area contributed by atoms with Gasteiger partial charge in [0.2, 0.25) is 0 Å². The molecular formula is C26H50N2O2S. The summed E-state index contributed by atoms with van der Waals surface area (Å²) >= 11 is 1.99. The summed E-state index contributed by atoms with van der Waals surface area (Å²) in [7, 11) is 7.00. The second kappa shape index (κ2) is 15.7. The van der Waals surface area contributed by atoms with Gasteiger partial charge in [-0.2, -0.15) is 0 Å². The van der Waals surface area contributed by atoms with Crippen LogP contribution in [0.2, 0.25) is 0 Å². The fourth-order valence-electron chi connectivity index (χ4n) is 5.40. The van der Waals surface area contributed by atoms with Gasteiger partial charge in [0.15, 0.2) is 0 Å². The lowest BCUT2D eigenvalue weighted by Gasteiger charge is -2.45. The number of methoxy groups -OCH3 is 1. The number of allylic oxidation sites excluding steroid dienone is 1. The van der Waals surface area contributed by atoms with Crippen LogP contribution in [0.3, 0.4) is 0 Å². The van der Waals surface area contributed by atoms with Gasteiger partial charge in [0.05, 0.1) is 0 Å². The Labute approximate surface area is 197 Å². The van der Waals surface area contributed by atoms with Crippen LogP contribution < -0.4 is 10.6 Å². The minimum Gasteiger partial charge on any atom is -0.412 e. The Morgan fingerprint density at radius 3 is 2.35 bits per heavy atom. The highest BCUT2D eigenvalue weighted by molar-refractivity contribution is 8.02. The van der Waals surface area contributed by atoms with Crippen molar-refractivity contribution in [3.8, 4) is 0 Å². The first-order valence-corrected chi connectivity index (χ1v) is 12.6. The summed E-state index contributed by atoms with van der Waals surface area (Å²) in [6.07, 6.45) is 6.57. The first-order chi connectivity index (χ1) is 14.5. The molecule has 31 heavy (non-hydrogen) atoms. The number of hydrogen-bond donors (Lipinski definition) is 2. The number of aryl methyl sites for hydroxylation is 1. The van der Waals surface area contributed by atoms with Gasteiger partial charge in [-0.25, -0.2) is 0 Å². The van der Waals surface area contributed by atoms with Gasteiger partial charge in [0, 0.05) is 32.6 Å². The highest BCUT2D eigenvalue weighted by Crippen LogP contribution is 2.61. The smallest absolute Gasteiger partial charge is 0.0417 e. The molecule has 1 aromatic carbocycles. The van der Waals surface area contributed by atoms with Gasteiger partial charge in [0.1, 0.15) is 0 Å². The van der Waals surface area contributed by atoms with E-state index >= 15 is 0 Å². The highest BCUT2D eigenvalue weighted by Gasteiger charge is 2.54. The Bertz CT molecular complexity index is 642. The topological polar surface area (TPSA) is 64.8 Å². The third-order valence-corrected chi connectivity index (χ3v) is 7.37. The van der Waals surface area contributed by atoms with Crippen molar-refractivity contribution >= 4 is 17.4 Å². The van der Waals surface area contributed by atoms with Crippen molar-refractivity contribution in [2.45, 2.75) is 71.1 Å². The third-order valence-electron chi connectivity index (χ3n) is 6.22. The van der Waals surface area contributed by atoms with Gasteiger partial charge in [-0.3, -0.25) is 0 Å². The molecular weight excluding hydrogens is 404 g/mol. The molecule has 2 saturated carbocycles. The molecule has 2 bridgehead atoms. The van der Waals surface area contributed by atoms with Crippen LogP contribution >= 0.6 is 11.8 Å². The molecule has 4 nitrogen and oxygen atoms in total. The van der Waals surface area contributed by atoms with Crippen LogP contribution in [0, 0.1) is 24.7 Å². The molecule has 6 unspecified atom stereocenters. The summed E-state index contributed by atoms with van der Waals surface area (Å²) in [4.78, 5) is 0. The Kier molecular flexibility index (Phi) is 15.2. The number of fused-ring (bicyclic) bond motifs is 7. The lowest BCUT2D eigenvalue weighted by molar-refractivity contribution is 0.245. The van der Waals surface area contributed by atoms with Crippen molar-refractivity contribution in [3.05, 3.63) is 40.8 Å². The molecule has 0 radical (unpaired) electrons.